The third-order valence-corrected chi connectivity index (χ3v) is 3.64. The van der Waals surface area contributed by atoms with Gasteiger partial charge in [-0.25, -0.2) is 4.79 Å². The van der Waals surface area contributed by atoms with Gasteiger partial charge in [-0.15, -0.1) is 0 Å². The number of piperidine rings is 1. The molecule has 3 atom stereocenters. The Kier molecular flexibility index (Phi) is 2.78. The van der Waals surface area contributed by atoms with Gasteiger partial charge >= 0.3 is 12.1 Å². The van der Waals surface area contributed by atoms with E-state index in [1.54, 1.807) is 7.05 Å². The molecule has 2 saturated heterocycles. The van der Waals surface area contributed by atoms with Crippen LogP contribution in [0.25, 0.3) is 0 Å². The third-order valence-electron chi connectivity index (χ3n) is 3.64. The fourth-order valence-corrected chi connectivity index (χ4v) is 2.66. The van der Waals surface area contributed by atoms with E-state index in [1.165, 1.54) is 4.90 Å². The Hall–Kier alpha value is -1.63. The molecule has 2 rings (SSSR count). The maximum atomic E-state index is 11.7. The molecule has 2 N–H and O–H groups in total. The molecular weight excluding hydrogens is 228 g/mol. The molecule has 0 aromatic rings. The first-order valence-electron chi connectivity index (χ1n) is 5.37. The standard InChI is InChI=1S/C10H14N2O5/c1-11-5-2-7(13)8(9(14)15)6(11)4-12(3-5)10(16)17/h5-6,8H,2-4H2,1H3,(H,14,15)(H,16,17). The van der Waals surface area contributed by atoms with Crippen molar-refractivity contribution < 1.29 is 24.6 Å². The second-order valence-electron chi connectivity index (χ2n) is 4.56. The number of amides is 1. The van der Waals surface area contributed by atoms with Gasteiger partial charge in [-0.1, -0.05) is 0 Å². The van der Waals surface area contributed by atoms with Crippen LogP contribution in [0.15, 0.2) is 0 Å². The summed E-state index contributed by atoms with van der Waals surface area (Å²) < 4.78 is 0. The lowest BCUT2D eigenvalue weighted by molar-refractivity contribution is -0.156. The molecule has 0 spiro atoms. The minimum atomic E-state index is -1.17. The molecule has 2 fully saturated rings. The average Bonchev–Trinajstić information content (AvgIpc) is 2.19. The van der Waals surface area contributed by atoms with E-state index in [0.29, 0.717) is 0 Å². The van der Waals surface area contributed by atoms with Crippen LogP contribution in [0, 0.1) is 5.92 Å². The minimum absolute atomic E-state index is 0.0744. The van der Waals surface area contributed by atoms with Crippen molar-refractivity contribution in [3.8, 4) is 0 Å². The summed E-state index contributed by atoms with van der Waals surface area (Å²) in [6.45, 7) is 0.339. The fraction of sp³-hybridized carbons (Fsp3) is 0.700. The second kappa shape index (κ2) is 3.99. The van der Waals surface area contributed by atoms with Gasteiger partial charge < -0.3 is 15.1 Å². The molecule has 7 heteroatoms. The number of aliphatic carboxylic acids is 1. The van der Waals surface area contributed by atoms with Gasteiger partial charge in [-0.3, -0.25) is 14.5 Å². The maximum Gasteiger partial charge on any atom is 0.407 e. The number of likely N-dealkylation sites (tertiary alicyclic amines) is 1. The number of carboxylic acid groups (broad SMARTS) is 2. The molecule has 17 heavy (non-hydrogen) atoms. The molecule has 2 bridgehead atoms. The molecule has 2 aliphatic heterocycles. The minimum Gasteiger partial charge on any atom is -0.481 e. The van der Waals surface area contributed by atoms with Crippen LogP contribution in [-0.4, -0.2) is 70.1 Å². The predicted octanol–water partition coefficient (Wildman–Crippen LogP) is -0.677. The van der Waals surface area contributed by atoms with Crippen LogP contribution >= 0.6 is 0 Å². The number of likely N-dealkylation sites (N-methyl/N-ethyl adjacent to an activating group) is 1. The number of hydrogen-bond acceptors (Lipinski definition) is 4. The van der Waals surface area contributed by atoms with Crippen molar-refractivity contribution in [2.24, 2.45) is 5.92 Å². The van der Waals surface area contributed by atoms with E-state index in [4.69, 9.17) is 10.2 Å². The summed E-state index contributed by atoms with van der Waals surface area (Å²) in [5.74, 6) is -2.58. The highest BCUT2D eigenvalue weighted by molar-refractivity contribution is 6.00. The number of Topliss-reactive ketones (excluding diaryl/α,β-unsaturated/α-hetero) is 1. The Balaban J connectivity index is 2.27. The smallest absolute Gasteiger partial charge is 0.407 e. The van der Waals surface area contributed by atoms with Crippen LogP contribution in [0.3, 0.4) is 0 Å². The topological polar surface area (TPSA) is 98.2 Å². The summed E-state index contributed by atoms with van der Waals surface area (Å²) in [6, 6.07) is -0.753. The Morgan fingerprint density at radius 3 is 2.47 bits per heavy atom. The molecular formula is C10H14N2O5. The normalized spacial score (nSPS) is 33.6. The lowest BCUT2D eigenvalue weighted by Gasteiger charge is -2.49. The van der Waals surface area contributed by atoms with E-state index in [2.05, 4.69) is 0 Å². The van der Waals surface area contributed by atoms with Crippen LogP contribution in [0.1, 0.15) is 6.42 Å². The first-order chi connectivity index (χ1) is 7.91. The molecule has 3 unspecified atom stereocenters. The van der Waals surface area contributed by atoms with Gasteiger partial charge in [-0.2, -0.15) is 0 Å². The number of piperazine rings is 1. The summed E-state index contributed by atoms with van der Waals surface area (Å²) in [7, 11) is 1.75. The largest absolute Gasteiger partial charge is 0.481 e. The molecule has 0 aromatic carbocycles. The zero-order valence-electron chi connectivity index (χ0n) is 9.37. The van der Waals surface area contributed by atoms with Gasteiger partial charge in [0.1, 0.15) is 11.7 Å². The molecule has 7 nitrogen and oxygen atoms in total. The summed E-state index contributed by atoms with van der Waals surface area (Å²) in [5.41, 5.74) is 0. The molecule has 0 aromatic heterocycles. The quantitative estimate of drug-likeness (QED) is 0.591. The van der Waals surface area contributed by atoms with E-state index >= 15 is 0 Å². The molecule has 0 aliphatic carbocycles. The highest BCUT2D eigenvalue weighted by Crippen LogP contribution is 2.29. The summed E-state index contributed by atoms with van der Waals surface area (Å²) in [6.07, 6.45) is -0.958. The Morgan fingerprint density at radius 2 is 1.94 bits per heavy atom. The van der Waals surface area contributed by atoms with Crippen molar-refractivity contribution in [3.05, 3.63) is 0 Å². The number of ketones is 1. The monoisotopic (exact) mass is 242 g/mol. The highest BCUT2D eigenvalue weighted by atomic mass is 16.4. The van der Waals surface area contributed by atoms with E-state index < -0.39 is 24.0 Å². The van der Waals surface area contributed by atoms with Crippen molar-refractivity contribution >= 4 is 17.8 Å². The number of carboxylic acids is 1. The van der Waals surface area contributed by atoms with Crippen LogP contribution in [-0.2, 0) is 9.59 Å². The lowest BCUT2D eigenvalue weighted by Crippen LogP contribution is -2.66. The number of hydrogen-bond donors (Lipinski definition) is 2. The van der Waals surface area contributed by atoms with Gasteiger partial charge in [0.25, 0.3) is 0 Å². The van der Waals surface area contributed by atoms with E-state index in [0.717, 1.165) is 0 Å². The lowest BCUT2D eigenvalue weighted by atomic mass is 9.82. The predicted molar refractivity (Wildman–Crippen MR) is 55.7 cm³/mol. The Bertz CT molecular complexity index is 383. The maximum absolute atomic E-state index is 11.7. The van der Waals surface area contributed by atoms with Gasteiger partial charge in [0, 0.05) is 31.6 Å². The summed E-state index contributed by atoms with van der Waals surface area (Å²) in [5, 5.41) is 18.0. The first-order valence-corrected chi connectivity index (χ1v) is 5.37. The van der Waals surface area contributed by atoms with Crippen molar-refractivity contribution in [2.45, 2.75) is 18.5 Å². The van der Waals surface area contributed by atoms with Gasteiger partial charge in [0.2, 0.25) is 0 Å². The molecule has 0 saturated carbocycles. The van der Waals surface area contributed by atoms with Crippen molar-refractivity contribution in [2.75, 3.05) is 20.1 Å². The van der Waals surface area contributed by atoms with Gasteiger partial charge in [-0.05, 0) is 7.05 Å². The molecule has 94 valence electrons. The number of fused-ring (bicyclic) bond motifs is 2. The van der Waals surface area contributed by atoms with Gasteiger partial charge in [0.15, 0.2) is 0 Å². The second-order valence-corrected chi connectivity index (χ2v) is 4.56. The highest BCUT2D eigenvalue weighted by Gasteiger charge is 2.49. The van der Waals surface area contributed by atoms with E-state index in [9.17, 15) is 14.4 Å². The Morgan fingerprint density at radius 1 is 1.29 bits per heavy atom. The van der Waals surface area contributed by atoms with Crippen LogP contribution in [0.4, 0.5) is 4.79 Å². The average molecular weight is 242 g/mol. The Labute approximate surface area is 97.6 Å². The van der Waals surface area contributed by atoms with Crippen molar-refractivity contribution in [3.63, 3.8) is 0 Å². The van der Waals surface area contributed by atoms with Crippen LogP contribution < -0.4 is 0 Å². The van der Waals surface area contributed by atoms with E-state index in [1.807, 2.05) is 4.90 Å². The van der Waals surface area contributed by atoms with Crippen molar-refractivity contribution in [1.29, 1.82) is 0 Å². The van der Waals surface area contributed by atoms with Crippen LogP contribution in [0.5, 0.6) is 0 Å². The SMILES string of the molecule is CN1C2CC(=O)C(C(=O)O)C1CN(C(=O)O)C2. The number of carbonyl (C=O) groups excluding carboxylic acids is 1. The van der Waals surface area contributed by atoms with Crippen LogP contribution in [0.2, 0.25) is 0 Å². The summed E-state index contributed by atoms with van der Waals surface area (Å²) >= 11 is 0. The third kappa shape index (κ3) is 1.86. The molecule has 2 aliphatic rings. The first kappa shape index (κ1) is 11.8. The van der Waals surface area contributed by atoms with E-state index in [-0.39, 0.29) is 31.3 Å². The molecule has 0 radical (unpaired) electrons. The number of carbonyl (C=O) groups is 3. The molecule has 2 heterocycles. The number of rotatable bonds is 1. The number of nitrogens with zero attached hydrogens (tertiary/aromatic N) is 2. The molecule has 1 amide bonds. The van der Waals surface area contributed by atoms with Gasteiger partial charge in [0.05, 0.1) is 0 Å². The van der Waals surface area contributed by atoms with Crippen molar-refractivity contribution in [1.82, 2.24) is 9.80 Å². The zero-order chi connectivity index (χ0) is 12.7. The summed E-state index contributed by atoms with van der Waals surface area (Å²) in [4.78, 5) is 36.7. The zero-order valence-corrected chi connectivity index (χ0v) is 9.37. The fourth-order valence-electron chi connectivity index (χ4n) is 2.66.